The fourth-order valence-electron chi connectivity index (χ4n) is 0. The van der Waals surface area contributed by atoms with Crippen LogP contribution in [0, 0.1) is 0 Å². The molecule has 0 saturated heterocycles. The molecule has 0 atom stereocenters. The van der Waals surface area contributed by atoms with Crippen LogP contribution in [-0.2, 0) is 0 Å². The molecule has 1 radical (unpaired) electrons. The minimum Gasteiger partial charge on any atom is -0.652 e. The summed E-state index contributed by atoms with van der Waals surface area (Å²) in [4.78, 5) is 8.33. The van der Waals surface area contributed by atoms with Gasteiger partial charge in [-0.25, -0.2) is 0 Å². The van der Waals surface area contributed by atoms with Crippen LogP contribution in [0.3, 0.4) is 0 Å². The van der Waals surface area contributed by atoms with Gasteiger partial charge < -0.3 is 15.0 Å². The van der Waals surface area contributed by atoms with Crippen LogP contribution in [0.25, 0.3) is 0 Å². The van der Waals surface area contributed by atoms with Crippen molar-refractivity contribution in [3.05, 3.63) is 0 Å². The standard InChI is InChI=1S/CH2O3.Tl/c2-1(3)4;/h(H2,2,3,4);/p-2. The molecule has 0 aliphatic carbocycles. The average Bonchev–Trinajstić information content (AvgIpc) is 0.811. The van der Waals surface area contributed by atoms with Crippen molar-refractivity contribution in [2.45, 2.75) is 0 Å². The van der Waals surface area contributed by atoms with Gasteiger partial charge in [0.05, 0.1) is 0 Å². The van der Waals surface area contributed by atoms with E-state index < -0.39 is 6.16 Å². The zero-order valence-corrected chi connectivity index (χ0v) is 6.79. The van der Waals surface area contributed by atoms with E-state index >= 15 is 0 Å². The summed E-state index contributed by atoms with van der Waals surface area (Å²) >= 11 is 0. The molecule has 0 aromatic heterocycles. The predicted octanol–water partition coefficient (Wildman–Crippen LogP) is -2.83. The Labute approximate surface area is 48.8 Å². The largest absolute Gasteiger partial charge is 0.652 e. The molecule has 0 aromatic carbocycles. The zero-order valence-electron chi connectivity index (χ0n) is 2.30. The van der Waals surface area contributed by atoms with Gasteiger partial charge in [-0.05, 0) is 6.16 Å². The van der Waals surface area contributed by atoms with Gasteiger partial charge in [-0.15, -0.1) is 0 Å². The number of carbonyl (C=O) groups excluding carboxylic acids is 1. The first-order valence-electron chi connectivity index (χ1n) is 0.612. The Bertz CT molecular complexity index is 29.9. The minimum atomic E-state index is -2.33. The van der Waals surface area contributed by atoms with Gasteiger partial charge in [0.15, 0.2) is 0 Å². The molecule has 0 fully saturated rings. The van der Waals surface area contributed by atoms with Gasteiger partial charge in [-0.3, -0.25) is 0 Å². The van der Waals surface area contributed by atoms with Crippen LogP contribution in [-0.4, -0.2) is 33.5 Å². The van der Waals surface area contributed by atoms with Crippen LogP contribution >= 0.6 is 0 Å². The van der Waals surface area contributed by atoms with Gasteiger partial charge in [0.2, 0.25) is 0 Å². The molecule has 0 amide bonds. The third-order valence-corrected chi connectivity index (χ3v) is 0. The van der Waals surface area contributed by atoms with E-state index in [1.54, 1.807) is 0 Å². The monoisotopic (exact) mass is 265 g/mol. The summed E-state index contributed by atoms with van der Waals surface area (Å²) in [5.74, 6) is 0. The number of rotatable bonds is 0. The molecule has 4 heteroatoms. The van der Waals surface area contributed by atoms with E-state index in [0.717, 1.165) is 0 Å². The van der Waals surface area contributed by atoms with Gasteiger partial charge in [0, 0.05) is 27.3 Å². The quantitative estimate of drug-likeness (QED) is 0.443. The van der Waals surface area contributed by atoms with Crippen molar-refractivity contribution in [3.8, 4) is 0 Å². The molecule has 0 unspecified atom stereocenters. The first kappa shape index (κ1) is 8.95. The Morgan fingerprint density at radius 2 is 1.40 bits per heavy atom. The Kier molecular flexibility index (Phi) is 7.51. The molecule has 0 bridgehead atoms. The van der Waals surface area contributed by atoms with E-state index in [1.165, 1.54) is 0 Å². The predicted molar refractivity (Wildman–Crippen MR) is 11.1 cm³/mol. The third-order valence-electron chi connectivity index (χ3n) is 0. The number of hydrogen-bond acceptors (Lipinski definition) is 3. The van der Waals surface area contributed by atoms with E-state index in [0.29, 0.717) is 0 Å². The zero-order chi connectivity index (χ0) is 3.58. The van der Waals surface area contributed by atoms with Crippen LogP contribution in [0.2, 0.25) is 0 Å². The normalized spacial score (nSPS) is 4.80. The minimum absolute atomic E-state index is 0. The second-order valence-electron chi connectivity index (χ2n) is 0.250. The summed E-state index contributed by atoms with van der Waals surface area (Å²) < 4.78 is 0. The average molecular weight is 264 g/mol. The molecule has 5 heavy (non-hydrogen) atoms. The molecule has 0 heterocycles. The molecular weight excluding hydrogens is 264 g/mol. The van der Waals surface area contributed by atoms with Crippen LogP contribution in [0.4, 0.5) is 4.79 Å². The Morgan fingerprint density at radius 1 is 1.40 bits per heavy atom. The van der Waals surface area contributed by atoms with Crippen molar-refractivity contribution < 1.29 is 15.0 Å². The van der Waals surface area contributed by atoms with Crippen LogP contribution < -0.4 is 10.2 Å². The molecule has 0 N–H and O–H groups in total. The summed E-state index contributed by atoms with van der Waals surface area (Å²) in [6.45, 7) is 0. The first-order valence-corrected chi connectivity index (χ1v) is 0.612. The Hall–Kier alpha value is 0.192. The molecule has 0 saturated carbocycles. The van der Waals surface area contributed by atoms with Gasteiger partial charge >= 0.3 is 0 Å². The molecule has 3 nitrogen and oxygen atoms in total. The van der Waals surface area contributed by atoms with Crippen molar-refractivity contribution in [1.29, 1.82) is 0 Å². The number of carboxylic acid groups (broad SMARTS) is 2. The van der Waals surface area contributed by atoms with Crippen LogP contribution in [0.1, 0.15) is 0 Å². The summed E-state index contributed by atoms with van der Waals surface area (Å²) in [5.41, 5.74) is 0. The molecule has 0 aliphatic heterocycles. The Balaban J connectivity index is 0. The van der Waals surface area contributed by atoms with Crippen LogP contribution in [0.15, 0.2) is 0 Å². The summed E-state index contributed by atoms with van der Waals surface area (Å²) in [5, 5.41) is 16.7. The van der Waals surface area contributed by atoms with Gasteiger partial charge in [0.25, 0.3) is 0 Å². The van der Waals surface area contributed by atoms with Crippen LogP contribution in [0.5, 0.6) is 0 Å². The summed E-state index contributed by atoms with van der Waals surface area (Å²) in [6.07, 6.45) is -2.33. The molecule has 0 aliphatic rings. The van der Waals surface area contributed by atoms with E-state index in [2.05, 4.69) is 0 Å². The molecule has 0 spiro atoms. The smallest absolute Gasteiger partial charge is 0 e. The van der Waals surface area contributed by atoms with E-state index in [4.69, 9.17) is 15.0 Å². The van der Waals surface area contributed by atoms with Gasteiger partial charge in [0.1, 0.15) is 0 Å². The second-order valence-corrected chi connectivity index (χ2v) is 0.250. The van der Waals surface area contributed by atoms with Crippen molar-refractivity contribution in [1.82, 2.24) is 0 Å². The Morgan fingerprint density at radius 3 is 1.40 bits per heavy atom. The van der Waals surface area contributed by atoms with Crippen molar-refractivity contribution in [3.63, 3.8) is 0 Å². The summed E-state index contributed by atoms with van der Waals surface area (Å²) in [7, 11) is 0. The third kappa shape index (κ3) is 546. The van der Waals surface area contributed by atoms with E-state index in [-0.39, 0.29) is 27.3 Å². The summed E-state index contributed by atoms with van der Waals surface area (Å²) in [6, 6.07) is 0. The van der Waals surface area contributed by atoms with E-state index in [9.17, 15) is 0 Å². The topological polar surface area (TPSA) is 63.2 Å². The van der Waals surface area contributed by atoms with Crippen molar-refractivity contribution in [2.24, 2.45) is 0 Å². The molecule has 0 aromatic rings. The maximum absolute atomic E-state index is 8.33. The maximum Gasteiger partial charge on any atom is 0 e. The number of carbonyl (C=O) groups is 1. The van der Waals surface area contributed by atoms with Crippen molar-refractivity contribution in [2.75, 3.05) is 0 Å². The van der Waals surface area contributed by atoms with Gasteiger partial charge in [-0.1, -0.05) is 0 Å². The molecule has 27 valence electrons. The van der Waals surface area contributed by atoms with Gasteiger partial charge in [-0.2, -0.15) is 0 Å². The second kappa shape index (κ2) is 4.19. The molecule has 0 rings (SSSR count). The fourth-order valence-corrected chi connectivity index (χ4v) is 0. The van der Waals surface area contributed by atoms with Crippen molar-refractivity contribution >= 4 is 33.5 Å². The van der Waals surface area contributed by atoms with E-state index in [1.807, 2.05) is 0 Å². The molecular formula is CO3Tl-2. The first-order chi connectivity index (χ1) is 1.73. The fraction of sp³-hybridized carbons (Fsp3) is 0. The maximum atomic E-state index is 8.33. The SMILES string of the molecule is O=C([O-])[O-].[Tl]. The number of hydrogen-bond donors (Lipinski definition) is 0.